The molecule has 0 bridgehead atoms. The molecule has 4 rings (SSSR count). The van der Waals surface area contributed by atoms with Crippen molar-refractivity contribution in [3.63, 3.8) is 0 Å². The van der Waals surface area contributed by atoms with Gasteiger partial charge in [-0.3, -0.25) is 14.6 Å². The first-order valence-electron chi connectivity index (χ1n) is 12.7. The molecule has 1 N–H and O–H groups in total. The second-order valence-electron chi connectivity index (χ2n) is 9.67. The van der Waals surface area contributed by atoms with Gasteiger partial charge in [0.15, 0.2) is 9.84 Å². The summed E-state index contributed by atoms with van der Waals surface area (Å²) < 4.78 is 23.7. The molecule has 2 saturated heterocycles. The Kier molecular flexibility index (Phi) is 8.81. The molecule has 0 unspecified atom stereocenters. The first-order valence-corrected chi connectivity index (χ1v) is 14.5. The lowest BCUT2D eigenvalue weighted by Gasteiger charge is -2.36. The Labute approximate surface area is 210 Å². The molecule has 7 nitrogen and oxygen atoms in total. The monoisotopic (exact) mass is 498 g/mol. The third kappa shape index (κ3) is 7.29. The van der Waals surface area contributed by atoms with E-state index in [0.29, 0.717) is 19.6 Å². The van der Waals surface area contributed by atoms with Crippen LogP contribution in [0.15, 0.2) is 54.6 Å². The van der Waals surface area contributed by atoms with Crippen molar-refractivity contribution < 1.29 is 13.2 Å². The Bertz CT molecular complexity index is 1050. The number of unbranched alkanes of at least 4 members (excludes halogenated alkanes) is 1. The Hall–Kier alpha value is -2.42. The van der Waals surface area contributed by atoms with Gasteiger partial charge in [0.2, 0.25) is 5.91 Å². The lowest BCUT2D eigenvalue weighted by Crippen LogP contribution is -2.48. The standard InChI is InChI=1S/C27H38N4O3S/c1-23-8-7-11-25(22-23)30-16-14-29(15-17-30)13-6-5-12-28-27(32)26(24-9-3-2-4-10-24)31-18-20-35(33,34)21-19-31/h2-4,7-11,22,26H,5-6,12-21H2,1H3,(H,28,32)/t26-/m0/s1. The van der Waals surface area contributed by atoms with E-state index in [-0.39, 0.29) is 17.4 Å². The topological polar surface area (TPSA) is 73.0 Å². The third-order valence-electron chi connectivity index (χ3n) is 7.05. The molecule has 1 amide bonds. The van der Waals surface area contributed by atoms with E-state index in [1.807, 2.05) is 35.2 Å². The number of hydrogen-bond donors (Lipinski definition) is 1. The highest BCUT2D eigenvalue weighted by molar-refractivity contribution is 7.91. The number of nitrogens with zero attached hydrogens (tertiary/aromatic N) is 3. The van der Waals surface area contributed by atoms with Crippen LogP contribution in [0.4, 0.5) is 5.69 Å². The summed E-state index contributed by atoms with van der Waals surface area (Å²) in [7, 11) is -2.99. The normalized spacial score (nSPS) is 19.9. The van der Waals surface area contributed by atoms with E-state index in [1.165, 1.54) is 11.3 Å². The van der Waals surface area contributed by atoms with Crippen LogP contribution in [-0.4, -0.2) is 88.0 Å². The summed E-state index contributed by atoms with van der Waals surface area (Å²) in [6.45, 7) is 8.82. The second kappa shape index (κ2) is 12.0. The van der Waals surface area contributed by atoms with Crippen molar-refractivity contribution in [3.05, 3.63) is 65.7 Å². The molecule has 2 aromatic rings. The van der Waals surface area contributed by atoms with Crippen LogP contribution in [0.1, 0.15) is 30.0 Å². The van der Waals surface area contributed by atoms with Gasteiger partial charge in [0.25, 0.3) is 0 Å². The summed E-state index contributed by atoms with van der Waals surface area (Å²) >= 11 is 0. The number of anilines is 1. The van der Waals surface area contributed by atoms with Crippen LogP contribution in [-0.2, 0) is 14.6 Å². The van der Waals surface area contributed by atoms with Crippen LogP contribution in [0, 0.1) is 6.92 Å². The van der Waals surface area contributed by atoms with E-state index >= 15 is 0 Å². The van der Waals surface area contributed by atoms with Crippen molar-refractivity contribution in [1.29, 1.82) is 0 Å². The highest BCUT2D eigenvalue weighted by atomic mass is 32.2. The highest BCUT2D eigenvalue weighted by Gasteiger charge is 2.32. The maximum atomic E-state index is 13.1. The predicted molar refractivity (Wildman–Crippen MR) is 141 cm³/mol. The summed E-state index contributed by atoms with van der Waals surface area (Å²) in [6.07, 6.45) is 1.97. The van der Waals surface area contributed by atoms with Crippen molar-refractivity contribution in [2.45, 2.75) is 25.8 Å². The molecule has 8 heteroatoms. The van der Waals surface area contributed by atoms with Gasteiger partial charge in [0.05, 0.1) is 11.5 Å². The molecule has 0 aliphatic carbocycles. The van der Waals surface area contributed by atoms with Gasteiger partial charge in [-0.1, -0.05) is 42.5 Å². The largest absolute Gasteiger partial charge is 0.369 e. The molecular weight excluding hydrogens is 460 g/mol. The minimum atomic E-state index is -2.99. The molecule has 0 radical (unpaired) electrons. The summed E-state index contributed by atoms with van der Waals surface area (Å²) in [5, 5.41) is 3.11. The number of aryl methyl sites for hydroxylation is 1. The summed E-state index contributed by atoms with van der Waals surface area (Å²) in [5.74, 6) is 0.184. The maximum Gasteiger partial charge on any atom is 0.241 e. The Morgan fingerprint density at radius 3 is 2.31 bits per heavy atom. The molecule has 0 aromatic heterocycles. The van der Waals surface area contributed by atoms with Gasteiger partial charge in [0.1, 0.15) is 6.04 Å². The number of carbonyl (C=O) groups is 1. The molecule has 1 atom stereocenters. The smallest absolute Gasteiger partial charge is 0.241 e. The molecule has 35 heavy (non-hydrogen) atoms. The molecule has 2 aliphatic heterocycles. The highest BCUT2D eigenvalue weighted by Crippen LogP contribution is 2.23. The SMILES string of the molecule is Cc1cccc(N2CCN(CCCCNC(=O)[C@H](c3ccccc3)N3CCS(=O)(=O)CC3)CC2)c1. The first kappa shape index (κ1) is 25.7. The van der Waals surface area contributed by atoms with Crippen molar-refractivity contribution >= 4 is 21.4 Å². The van der Waals surface area contributed by atoms with Gasteiger partial charge in [-0.15, -0.1) is 0 Å². The summed E-state index contributed by atoms with van der Waals surface area (Å²) in [5.41, 5.74) is 3.52. The van der Waals surface area contributed by atoms with Crippen molar-refractivity contribution in [1.82, 2.24) is 15.1 Å². The van der Waals surface area contributed by atoms with E-state index in [2.05, 4.69) is 46.3 Å². The number of sulfone groups is 1. The lowest BCUT2D eigenvalue weighted by molar-refractivity contribution is -0.126. The number of hydrogen-bond acceptors (Lipinski definition) is 6. The zero-order valence-electron chi connectivity index (χ0n) is 20.7. The molecule has 190 valence electrons. The zero-order chi connectivity index (χ0) is 24.7. The molecule has 2 heterocycles. The van der Waals surface area contributed by atoms with Crippen LogP contribution in [0.25, 0.3) is 0 Å². The van der Waals surface area contributed by atoms with Crippen LogP contribution in [0.3, 0.4) is 0 Å². The van der Waals surface area contributed by atoms with E-state index in [9.17, 15) is 13.2 Å². The molecule has 2 fully saturated rings. The van der Waals surface area contributed by atoms with Crippen molar-refractivity contribution in [3.8, 4) is 0 Å². The Morgan fingerprint density at radius 2 is 1.63 bits per heavy atom. The van der Waals surface area contributed by atoms with Crippen LogP contribution in [0.2, 0.25) is 0 Å². The molecule has 2 aromatic carbocycles. The Balaban J connectivity index is 1.20. The van der Waals surface area contributed by atoms with E-state index in [0.717, 1.165) is 51.1 Å². The molecule has 0 spiro atoms. The molecule has 2 aliphatic rings. The predicted octanol–water partition coefficient (Wildman–Crippen LogP) is 2.49. The number of carbonyl (C=O) groups excluding carboxylic acids is 1. The Morgan fingerprint density at radius 1 is 0.914 bits per heavy atom. The van der Waals surface area contributed by atoms with E-state index in [4.69, 9.17) is 0 Å². The van der Waals surface area contributed by atoms with Gasteiger partial charge in [0, 0.05) is 51.5 Å². The quantitative estimate of drug-likeness (QED) is 0.536. The van der Waals surface area contributed by atoms with Crippen molar-refractivity contribution in [2.75, 3.05) is 68.8 Å². The number of rotatable bonds is 9. The number of nitrogens with one attached hydrogen (secondary N) is 1. The molecular formula is C27H38N4O3S. The average molecular weight is 499 g/mol. The van der Waals surface area contributed by atoms with Gasteiger partial charge in [-0.25, -0.2) is 8.42 Å². The summed E-state index contributed by atoms with van der Waals surface area (Å²) in [4.78, 5) is 20.1. The van der Waals surface area contributed by atoms with Crippen LogP contribution >= 0.6 is 0 Å². The van der Waals surface area contributed by atoms with Gasteiger partial charge in [-0.2, -0.15) is 0 Å². The van der Waals surface area contributed by atoms with Crippen molar-refractivity contribution in [2.24, 2.45) is 0 Å². The minimum absolute atomic E-state index is 0.0396. The number of piperazine rings is 1. The summed E-state index contributed by atoms with van der Waals surface area (Å²) in [6, 6.07) is 17.9. The number of amides is 1. The zero-order valence-corrected chi connectivity index (χ0v) is 21.5. The fraction of sp³-hybridized carbons (Fsp3) is 0.519. The minimum Gasteiger partial charge on any atom is -0.369 e. The number of benzene rings is 2. The molecule has 0 saturated carbocycles. The second-order valence-corrected chi connectivity index (χ2v) is 12.0. The van der Waals surface area contributed by atoms with E-state index < -0.39 is 15.9 Å². The fourth-order valence-corrected chi connectivity index (χ4v) is 6.20. The van der Waals surface area contributed by atoms with Gasteiger partial charge < -0.3 is 10.2 Å². The first-order chi connectivity index (χ1) is 16.9. The van der Waals surface area contributed by atoms with E-state index in [1.54, 1.807) is 0 Å². The fourth-order valence-electron chi connectivity index (χ4n) is 4.97. The lowest BCUT2D eigenvalue weighted by atomic mass is 10.0. The maximum absolute atomic E-state index is 13.1. The average Bonchev–Trinajstić information content (AvgIpc) is 2.86. The van der Waals surface area contributed by atoms with Gasteiger partial charge >= 0.3 is 0 Å². The van der Waals surface area contributed by atoms with Gasteiger partial charge in [-0.05, 0) is 49.6 Å². The van der Waals surface area contributed by atoms with Crippen LogP contribution in [0.5, 0.6) is 0 Å². The third-order valence-corrected chi connectivity index (χ3v) is 8.66. The van der Waals surface area contributed by atoms with Crippen LogP contribution < -0.4 is 10.2 Å².